The average molecular weight is 423 g/mol. The van der Waals surface area contributed by atoms with Crippen LogP contribution in [0.4, 0.5) is 13.2 Å². The molecule has 1 saturated heterocycles. The molecule has 2 aromatic rings. The fourth-order valence-corrected chi connectivity index (χ4v) is 4.42. The molecule has 1 aromatic heterocycles. The Morgan fingerprint density at radius 3 is 2.17 bits per heavy atom. The Morgan fingerprint density at radius 1 is 1.03 bits per heavy atom. The molecule has 2 heterocycles. The summed E-state index contributed by atoms with van der Waals surface area (Å²) in [5, 5.41) is 0.516. The lowest BCUT2D eigenvalue weighted by molar-refractivity contribution is -0.137. The predicted molar refractivity (Wildman–Crippen MR) is 102 cm³/mol. The Kier molecular flexibility index (Phi) is 5.10. The predicted octanol–water partition coefficient (Wildman–Crippen LogP) is 3.83. The van der Waals surface area contributed by atoms with Crippen LogP contribution in [0.15, 0.2) is 24.3 Å². The molecule has 0 bridgehead atoms. The number of rotatable bonds is 3. The number of alkyl halides is 3. The van der Waals surface area contributed by atoms with Gasteiger partial charge in [0, 0.05) is 37.7 Å². The van der Waals surface area contributed by atoms with Crippen LogP contribution in [-0.4, -0.2) is 52.8 Å². The molecule has 1 aliphatic carbocycles. The summed E-state index contributed by atoms with van der Waals surface area (Å²) >= 11 is 1.19. The Morgan fingerprint density at radius 2 is 1.62 bits per heavy atom. The van der Waals surface area contributed by atoms with Crippen molar-refractivity contribution in [3.8, 4) is 10.6 Å². The lowest BCUT2D eigenvalue weighted by atomic mass is 10.1. The topological polar surface area (TPSA) is 53.5 Å². The molecule has 9 heteroatoms. The summed E-state index contributed by atoms with van der Waals surface area (Å²) in [5.74, 6) is 0.222. The summed E-state index contributed by atoms with van der Waals surface area (Å²) in [6, 6.07) is 4.78. The third-order valence-electron chi connectivity index (χ3n) is 5.26. The van der Waals surface area contributed by atoms with Crippen LogP contribution < -0.4 is 0 Å². The number of piperazine rings is 1. The van der Waals surface area contributed by atoms with Gasteiger partial charge >= 0.3 is 6.18 Å². The first-order valence-corrected chi connectivity index (χ1v) is 10.3. The summed E-state index contributed by atoms with van der Waals surface area (Å²) in [6.07, 6.45) is -2.46. The third-order valence-corrected chi connectivity index (χ3v) is 6.45. The van der Waals surface area contributed by atoms with E-state index in [0.29, 0.717) is 47.3 Å². The zero-order valence-corrected chi connectivity index (χ0v) is 16.6. The number of carbonyl (C=O) groups is 2. The molecule has 5 nitrogen and oxygen atoms in total. The quantitative estimate of drug-likeness (QED) is 0.754. The maximum atomic E-state index is 12.9. The molecule has 2 aliphatic rings. The fourth-order valence-electron chi connectivity index (χ4n) is 3.38. The second kappa shape index (κ2) is 7.44. The zero-order valence-electron chi connectivity index (χ0n) is 15.8. The maximum absolute atomic E-state index is 12.9. The van der Waals surface area contributed by atoms with E-state index in [1.165, 1.54) is 23.5 Å². The van der Waals surface area contributed by atoms with Gasteiger partial charge in [0.1, 0.15) is 9.88 Å². The molecule has 4 rings (SSSR count). The van der Waals surface area contributed by atoms with Gasteiger partial charge in [0.2, 0.25) is 5.91 Å². The van der Waals surface area contributed by atoms with Crippen molar-refractivity contribution in [1.29, 1.82) is 0 Å². The smallest absolute Gasteiger partial charge is 0.339 e. The number of amides is 2. The number of aryl methyl sites for hydroxylation is 1. The Hall–Kier alpha value is -2.42. The van der Waals surface area contributed by atoms with Gasteiger partial charge in [-0.15, -0.1) is 11.3 Å². The fraction of sp³-hybridized carbons (Fsp3) is 0.450. The third kappa shape index (κ3) is 4.14. The molecule has 154 valence electrons. The van der Waals surface area contributed by atoms with Crippen LogP contribution in [0, 0.1) is 12.8 Å². The van der Waals surface area contributed by atoms with E-state index in [4.69, 9.17) is 0 Å². The van der Waals surface area contributed by atoms with Crippen molar-refractivity contribution in [2.45, 2.75) is 25.9 Å². The minimum Gasteiger partial charge on any atom is -0.339 e. The highest BCUT2D eigenvalue weighted by molar-refractivity contribution is 7.17. The summed E-state index contributed by atoms with van der Waals surface area (Å²) in [5.41, 5.74) is 0.390. The van der Waals surface area contributed by atoms with Crippen LogP contribution in [-0.2, 0) is 11.0 Å². The number of hydrogen-bond acceptors (Lipinski definition) is 4. The van der Waals surface area contributed by atoms with Gasteiger partial charge in [-0.3, -0.25) is 9.59 Å². The van der Waals surface area contributed by atoms with Crippen molar-refractivity contribution in [2.24, 2.45) is 5.92 Å². The van der Waals surface area contributed by atoms with Crippen molar-refractivity contribution in [2.75, 3.05) is 26.2 Å². The van der Waals surface area contributed by atoms with Gasteiger partial charge in [-0.05, 0) is 31.9 Å². The Bertz CT molecular complexity index is 927. The first-order chi connectivity index (χ1) is 13.7. The molecular weight excluding hydrogens is 403 g/mol. The van der Waals surface area contributed by atoms with Crippen molar-refractivity contribution >= 4 is 23.2 Å². The molecule has 0 N–H and O–H groups in total. The van der Waals surface area contributed by atoms with E-state index in [9.17, 15) is 22.8 Å². The van der Waals surface area contributed by atoms with Crippen molar-refractivity contribution in [3.63, 3.8) is 0 Å². The first-order valence-electron chi connectivity index (χ1n) is 9.47. The van der Waals surface area contributed by atoms with E-state index >= 15 is 0 Å². The summed E-state index contributed by atoms with van der Waals surface area (Å²) in [6.45, 7) is 3.74. The lowest BCUT2D eigenvalue weighted by Gasteiger charge is -2.34. The van der Waals surface area contributed by atoms with Crippen molar-refractivity contribution in [1.82, 2.24) is 14.8 Å². The molecule has 1 saturated carbocycles. The SMILES string of the molecule is Cc1nc(-c2ccc(C(F)(F)F)cc2)sc1C(=O)N1CCN(C(=O)C2CC2)CC1. The average Bonchev–Trinajstić information content (AvgIpc) is 3.48. The van der Waals surface area contributed by atoms with Crippen LogP contribution >= 0.6 is 11.3 Å². The number of benzene rings is 1. The van der Waals surface area contributed by atoms with Crippen LogP contribution in [0.25, 0.3) is 10.6 Å². The van der Waals surface area contributed by atoms with Gasteiger partial charge in [-0.25, -0.2) is 4.98 Å². The number of hydrogen-bond donors (Lipinski definition) is 0. The second-order valence-electron chi connectivity index (χ2n) is 7.40. The van der Waals surface area contributed by atoms with Crippen LogP contribution in [0.2, 0.25) is 0 Å². The Balaban J connectivity index is 1.45. The highest BCUT2D eigenvalue weighted by Crippen LogP contribution is 2.34. The van der Waals surface area contributed by atoms with Gasteiger partial charge < -0.3 is 9.80 Å². The van der Waals surface area contributed by atoms with Gasteiger partial charge in [0.05, 0.1) is 11.3 Å². The first kappa shape index (κ1) is 19.9. The number of nitrogens with zero attached hydrogens (tertiary/aromatic N) is 3. The normalized spacial score (nSPS) is 17.5. The summed E-state index contributed by atoms with van der Waals surface area (Å²) < 4.78 is 38.2. The van der Waals surface area contributed by atoms with Gasteiger partial charge in [-0.2, -0.15) is 13.2 Å². The van der Waals surface area contributed by atoms with Gasteiger partial charge in [0.15, 0.2) is 0 Å². The van der Waals surface area contributed by atoms with Crippen LogP contribution in [0.5, 0.6) is 0 Å². The Labute approximate surface area is 170 Å². The van der Waals surface area contributed by atoms with E-state index in [2.05, 4.69) is 4.98 Å². The molecule has 0 unspecified atom stereocenters. The van der Waals surface area contributed by atoms with E-state index in [1.54, 1.807) is 11.8 Å². The summed E-state index contributed by atoms with van der Waals surface area (Å²) in [4.78, 5) is 33.5. The molecule has 29 heavy (non-hydrogen) atoms. The molecule has 0 spiro atoms. The summed E-state index contributed by atoms with van der Waals surface area (Å²) in [7, 11) is 0. The van der Waals surface area contributed by atoms with E-state index < -0.39 is 11.7 Å². The van der Waals surface area contributed by atoms with E-state index in [0.717, 1.165) is 25.0 Å². The number of halogens is 3. The maximum Gasteiger partial charge on any atom is 0.416 e. The highest BCUT2D eigenvalue weighted by Gasteiger charge is 2.35. The lowest BCUT2D eigenvalue weighted by Crippen LogP contribution is -2.51. The number of aromatic nitrogens is 1. The van der Waals surface area contributed by atoms with E-state index in [-0.39, 0.29) is 17.7 Å². The minimum absolute atomic E-state index is 0.142. The van der Waals surface area contributed by atoms with Crippen LogP contribution in [0.1, 0.15) is 33.8 Å². The standard InChI is InChI=1S/C20H20F3N3O2S/c1-12-16(19(28)26-10-8-25(9-11-26)18(27)14-2-3-14)29-17(24-12)13-4-6-15(7-5-13)20(21,22)23/h4-7,14H,2-3,8-11H2,1H3. The molecule has 1 aliphatic heterocycles. The van der Waals surface area contributed by atoms with Gasteiger partial charge in [0.25, 0.3) is 5.91 Å². The number of thiazole rings is 1. The number of carbonyl (C=O) groups excluding carboxylic acids is 2. The van der Waals surface area contributed by atoms with Crippen molar-refractivity contribution < 1.29 is 22.8 Å². The molecular formula is C20H20F3N3O2S. The zero-order chi connectivity index (χ0) is 20.8. The van der Waals surface area contributed by atoms with Crippen molar-refractivity contribution in [3.05, 3.63) is 40.4 Å². The molecule has 0 radical (unpaired) electrons. The molecule has 2 amide bonds. The molecule has 2 fully saturated rings. The monoisotopic (exact) mass is 423 g/mol. The molecule has 0 atom stereocenters. The second-order valence-corrected chi connectivity index (χ2v) is 8.40. The van der Waals surface area contributed by atoms with Crippen LogP contribution in [0.3, 0.4) is 0 Å². The minimum atomic E-state index is -4.39. The van der Waals surface area contributed by atoms with E-state index in [1.807, 2.05) is 4.90 Å². The molecule has 1 aromatic carbocycles. The van der Waals surface area contributed by atoms with Gasteiger partial charge in [-0.1, -0.05) is 12.1 Å². The largest absolute Gasteiger partial charge is 0.416 e. The highest BCUT2D eigenvalue weighted by atomic mass is 32.1.